The summed E-state index contributed by atoms with van der Waals surface area (Å²) in [7, 11) is 0. The van der Waals surface area contributed by atoms with Crippen molar-refractivity contribution in [3.8, 4) is 0 Å². The Balaban J connectivity index is 1.69. The Hall–Kier alpha value is -2.82. The van der Waals surface area contributed by atoms with Crippen LogP contribution in [0.25, 0.3) is 0 Å². The van der Waals surface area contributed by atoms with Crippen molar-refractivity contribution in [2.75, 3.05) is 31.1 Å². The SMILES string of the molecule is CC(C)C[C@@]1(O)CC[C@H](C(=O)N2CCN(c3ccccc3)CC2)[C@@H](C(=O)NOC(=O)C(F)(F)F)C1. The van der Waals surface area contributed by atoms with Gasteiger partial charge < -0.3 is 19.7 Å². The third-order valence-corrected chi connectivity index (χ3v) is 6.64. The fourth-order valence-electron chi connectivity index (χ4n) is 5.08. The molecular formula is C24H32F3N3O5. The van der Waals surface area contributed by atoms with Crippen molar-refractivity contribution in [3.05, 3.63) is 30.3 Å². The summed E-state index contributed by atoms with van der Waals surface area (Å²) in [6.07, 6.45) is -4.52. The number of halogens is 3. The van der Waals surface area contributed by atoms with Gasteiger partial charge in [-0.1, -0.05) is 32.0 Å². The van der Waals surface area contributed by atoms with Crippen LogP contribution in [0.3, 0.4) is 0 Å². The average molecular weight is 500 g/mol. The second-order valence-corrected chi connectivity index (χ2v) is 9.78. The number of carbonyl (C=O) groups is 3. The van der Waals surface area contributed by atoms with Crippen molar-refractivity contribution < 1.29 is 37.5 Å². The Bertz CT molecular complexity index is 903. The molecule has 0 bridgehead atoms. The minimum atomic E-state index is -5.27. The highest BCUT2D eigenvalue weighted by molar-refractivity contribution is 5.88. The number of hydrogen-bond donors (Lipinski definition) is 2. The molecule has 1 heterocycles. The molecule has 8 nitrogen and oxygen atoms in total. The second kappa shape index (κ2) is 10.8. The molecular weight excluding hydrogens is 467 g/mol. The number of nitrogens with one attached hydrogen (secondary N) is 1. The zero-order valence-corrected chi connectivity index (χ0v) is 19.9. The lowest BCUT2D eigenvalue weighted by molar-refractivity contribution is -0.208. The first kappa shape index (κ1) is 26.8. The maximum Gasteiger partial charge on any atom is 0.493 e. The second-order valence-electron chi connectivity index (χ2n) is 9.78. The van der Waals surface area contributed by atoms with Gasteiger partial charge in [-0.3, -0.25) is 9.59 Å². The van der Waals surface area contributed by atoms with E-state index < -0.39 is 35.5 Å². The number of benzene rings is 1. The number of piperazine rings is 1. The number of alkyl halides is 3. The molecule has 0 spiro atoms. The molecule has 2 N–H and O–H groups in total. The van der Waals surface area contributed by atoms with E-state index in [2.05, 4.69) is 9.74 Å². The van der Waals surface area contributed by atoms with Gasteiger partial charge in [0, 0.05) is 31.9 Å². The molecule has 0 unspecified atom stereocenters. The molecule has 3 atom stereocenters. The maximum atomic E-state index is 13.4. The first-order valence-corrected chi connectivity index (χ1v) is 11.8. The lowest BCUT2D eigenvalue weighted by Crippen LogP contribution is -2.55. The van der Waals surface area contributed by atoms with Crippen molar-refractivity contribution in [2.24, 2.45) is 17.8 Å². The highest BCUT2D eigenvalue weighted by Crippen LogP contribution is 2.41. The van der Waals surface area contributed by atoms with E-state index in [0.29, 0.717) is 32.6 Å². The quantitative estimate of drug-likeness (QED) is 0.605. The van der Waals surface area contributed by atoms with Crippen LogP contribution < -0.4 is 10.4 Å². The van der Waals surface area contributed by atoms with Crippen LogP contribution in [-0.2, 0) is 19.2 Å². The van der Waals surface area contributed by atoms with Crippen LogP contribution in [0.15, 0.2) is 30.3 Å². The van der Waals surface area contributed by atoms with Gasteiger partial charge in [0.25, 0.3) is 5.91 Å². The molecule has 35 heavy (non-hydrogen) atoms. The molecule has 1 aromatic rings. The van der Waals surface area contributed by atoms with Crippen molar-refractivity contribution >= 4 is 23.5 Å². The minimum Gasteiger partial charge on any atom is -0.390 e. The van der Waals surface area contributed by atoms with E-state index in [1.54, 1.807) is 10.4 Å². The maximum absolute atomic E-state index is 13.4. The van der Waals surface area contributed by atoms with Crippen LogP contribution in [0.4, 0.5) is 18.9 Å². The van der Waals surface area contributed by atoms with Gasteiger partial charge in [-0.2, -0.15) is 18.7 Å². The van der Waals surface area contributed by atoms with Gasteiger partial charge in [0.05, 0.1) is 17.4 Å². The molecule has 1 saturated carbocycles. The minimum absolute atomic E-state index is 0.102. The molecule has 1 saturated heterocycles. The summed E-state index contributed by atoms with van der Waals surface area (Å²) >= 11 is 0. The van der Waals surface area contributed by atoms with E-state index in [1.807, 2.05) is 44.2 Å². The molecule has 1 aliphatic carbocycles. The molecule has 0 radical (unpaired) electrons. The van der Waals surface area contributed by atoms with E-state index in [1.165, 1.54) is 0 Å². The Morgan fingerprint density at radius 2 is 1.74 bits per heavy atom. The summed E-state index contributed by atoms with van der Waals surface area (Å²) in [5, 5.41) is 11.0. The number of hydroxylamine groups is 1. The summed E-state index contributed by atoms with van der Waals surface area (Å²) in [6, 6.07) is 9.75. The van der Waals surface area contributed by atoms with E-state index in [4.69, 9.17) is 0 Å². The molecule has 1 aromatic carbocycles. The molecule has 2 amide bonds. The third kappa shape index (κ3) is 6.87. The van der Waals surface area contributed by atoms with Crippen LogP contribution in [0.5, 0.6) is 0 Å². The van der Waals surface area contributed by atoms with Gasteiger partial charge in [0.2, 0.25) is 5.91 Å². The molecule has 2 fully saturated rings. The Labute approximate surface area is 202 Å². The molecule has 1 aliphatic heterocycles. The number of rotatable bonds is 5. The molecule has 2 aliphatic rings. The Morgan fingerprint density at radius 1 is 1.11 bits per heavy atom. The van der Waals surface area contributed by atoms with Crippen LogP contribution in [-0.4, -0.2) is 65.7 Å². The molecule has 3 rings (SSSR count). The van der Waals surface area contributed by atoms with E-state index >= 15 is 0 Å². The summed E-state index contributed by atoms with van der Waals surface area (Å²) in [5.74, 6) is -5.73. The zero-order chi connectivity index (χ0) is 25.8. The largest absolute Gasteiger partial charge is 0.493 e. The van der Waals surface area contributed by atoms with Gasteiger partial charge in [-0.15, -0.1) is 0 Å². The highest BCUT2D eigenvalue weighted by atomic mass is 19.4. The Morgan fingerprint density at radius 3 is 2.31 bits per heavy atom. The van der Waals surface area contributed by atoms with E-state index in [0.717, 1.165) is 5.69 Å². The molecule has 0 aromatic heterocycles. The molecule has 11 heteroatoms. The fraction of sp³-hybridized carbons (Fsp3) is 0.625. The number of hydrogen-bond acceptors (Lipinski definition) is 6. The fourth-order valence-corrected chi connectivity index (χ4v) is 5.08. The van der Waals surface area contributed by atoms with Gasteiger partial charge in [0.1, 0.15) is 0 Å². The smallest absolute Gasteiger partial charge is 0.390 e. The van der Waals surface area contributed by atoms with Gasteiger partial charge >= 0.3 is 12.1 Å². The topological polar surface area (TPSA) is 99.2 Å². The monoisotopic (exact) mass is 499 g/mol. The lowest BCUT2D eigenvalue weighted by atomic mass is 9.68. The number of carbonyl (C=O) groups excluding carboxylic acids is 3. The van der Waals surface area contributed by atoms with Gasteiger partial charge in [-0.25, -0.2) is 4.79 Å². The van der Waals surface area contributed by atoms with Crippen LogP contribution in [0.1, 0.15) is 39.5 Å². The first-order valence-electron chi connectivity index (χ1n) is 11.8. The van der Waals surface area contributed by atoms with Crippen molar-refractivity contribution in [1.29, 1.82) is 0 Å². The van der Waals surface area contributed by atoms with Crippen molar-refractivity contribution in [2.45, 2.75) is 51.3 Å². The lowest BCUT2D eigenvalue weighted by Gasteiger charge is -2.43. The Kier molecular flexibility index (Phi) is 8.30. The van der Waals surface area contributed by atoms with Gasteiger partial charge in [0.15, 0.2) is 0 Å². The van der Waals surface area contributed by atoms with Crippen LogP contribution in [0, 0.1) is 17.8 Å². The average Bonchev–Trinajstić information content (AvgIpc) is 2.81. The van der Waals surface area contributed by atoms with Crippen molar-refractivity contribution in [3.63, 3.8) is 0 Å². The summed E-state index contributed by atoms with van der Waals surface area (Å²) in [6.45, 7) is 5.86. The summed E-state index contributed by atoms with van der Waals surface area (Å²) in [5.41, 5.74) is 1.37. The summed E-state index contributed by atoms with van der Waals surface area (Å²) in [4.78, 5) is 45.0. The number of aliphatic hydroxyl groups is 1. The number of anilines is 1. The van der Waals surface area contributed by atoms with E-state index in [9.17, 15) is 32.7 Å². The van der Waals surface area contributed by atoms with Crippen LogP contribution in [0.2, 0.25) is 0 Å². The van der Waals surface area contributed by atoms with Gasteiger partial charge in [-0.05, 0) is 43.7 Å². The normalized spacial score (nSPS) is 25.3. The number of nitrogens with zero attached hydrogens (tertiary/aromatic N) is 2. The standard InChI is InChI=1S/C24H32F3N3O5/c1-16(2)14-23(34)9-8-18(19(15-23)20(31)28-35-22(33)24(25,26)27)21(32)30-12-10-29(11-13-30)17-6-4-3-5-7-17/h3-7,16,18-19,34H,8-15H2,1-2H3,(H,28,31)/t18-,19-,23-/m0/s1. The van der Waals surface area contributed by atoms with Crippen LogP contribution >= 0.6 is 0 Å². The summed E-state index contributed by atoms with van der Waals surface area (Å²) < 4.78 is 37.4. The molecule has 194 valence electrons. The first-order chi connectivity index (χ1) is 16.4. The number of para-hydroxylation sites is 1. The van der Waals surface area contributed by atoms with Crippen molar-refractivity contribution in [1.82, 2.24) is 10.4 Å². The van der Waals surface area contributed by atoms with E-state index in [-0.39, 0.29) is 31.1 Å². The number of amides is 2. The highest BCUT2D eigenvalue weighted by Gasteiger charge is 2.48. The zero-order valence-electron chi connectivity index (χ0n) is 19.9. The predicted molar refractivity (Wildman–Crippen MR) is 121 cm³/mol. The predicted octanol–water partition coefficient (Wildman–Crippen LogP) is 2.67. The third-order valence-electron chi connectivity index (χ3n) is 6.64.